The highest BCUT2D eigenvalue weighted by molar-refractivity contribution is 14.0. The Balaban J connectivity index is 0.00000385. The summed E-state index contributed by atoms with van der Waals surface area (Å²) in [5.41, 5.74) is 0.937. The Kier molecular flexibility index (Phi) is 11.1. The normalized spacial score (nSPS) is 14.3. The number of pyridine rings is 1. The lowest BCUT2D eigenvalue weighted by atomic mass is 10.1. The van der Waals surface area contributed by atoms with Gasteiger partial charge >= 0.3 is 6.09 Å². The topological polar surface area (TPSA) is 88.1 Å². The number of nitrogens with one attached hydrogen (secondary N) is 2. The van der Waals surface area contributed by atoms with Crippen LogP contribution in [0.15, 0.2) is 47.6 Å². The predicted molar refractivity (Wildman–Crippen MR) is 136 cm³/mol. The van der Waals surface area contributed by atoms with Crippen LogP contribution in [0.3, 0.4) is 0 Å². The minimum absolute atomic E-state index is 0. The second-order valence-electron chi connectivity index (χ2n) is 7.36. The number of halogens is 2. The maximum absolute atomic E-state index is 13.1. The molecule has 0 saturated carbocycles. The van der Waals surface area contributed by atoms with E-state index in [9.17, 15) is 9.18 Å². The Labute approximate surface area is 211 Å². The first-order chi connectivity index (χ1) is 15.6. The fraction of sp³-hybridized carbons (Fsp3) is 0.435. The zero-order valence-electron chi connectivity index (χ0n) is 18.9. The van der Waals surface area contributed by atoms with Gasteiger partial charge in [0.1, 0.15) is 11.6 Å². The van der Waals surface area contributed by atoms with E-state index < -0.39 is 0 Å². The molecule has 33 heavy (non-hydrogen) atoms. The van der Waals surface area contributed by atoms with Crippen LogP contribution in [-0.2, 0) is 11.3 Å². The molecule has 0 spiro atoms. The van der Waals surface area contributed by atoms with Crippen LogP contribution in [0.1, 0.15) is 32.3 Å². The van der Waals surface area contributed by atoms with Gasteiger partial charge in [0.2, 0.25) is 5.88 Å². The maximum Gasteiger partial charge on any atom is 0.409 e. The molecule has 2 aromatic rings. The molecule has 2 heterocycles. The van der Waals surface area contributed by atoms with Crippen molar-refractivity contribution in [2.45, 2.75) is 39.3 Å². The summed E-state index contributed by atoms with van der Waals surface area (Å²) in [6.45, 7) is 6.71. The Morgan fingerprint density at radius 3 is 2.61 bits per heavy atom. The van der Waals surface area contributed by atoms with Crippen molar-refractivity contribution in [1.82, 2.24) is 20.5 Å². The number of aliphatic imine (C=N–C) groups is 1. The molecule has 0 bridgehead atoms. The zero-order chi connectivity index (χ0) is 22.8. The number of amides is 1. The summed E-state index contributed by atoms with van der Waals surface area (Å²) in [6.07, 6.45) is 3.07. The summed E-state index contributed by atoms with van der Waals surface area (Å²) in [4.78, 5) is 22.5. The third-order valence-corrected chi connectivity index (χ3v) is 4.96. The van der Waals surface area contributed by atoms with Crippen molar-refractivity contribution in [3.8, 4) is 11.6 Å². The van der Waals surface area contributed by atoms with E-state index in [0.29, 0.717) is 37.9 Å². The number of likely N-dealkylation sites (tertiary alicyclic amines) is 1. The third kappa shape index (κ3) is 8.67. The van der Waals surface area contributed by atoms with Crippen LogP contribution < -0.4 is 15.4 Å². The van der Waals surface area contributed by atoms with Crippen molar-refractivity contribution in [3.63, 3.8) is 0 Å². The lowest BCUT2D eigenvalue weighted by Gasteiger charge is -2.32. The first-order valence-corrected chi connectivity index (χ1v) is 10.9. The number of aromatic nitrogens is 1. The van der Waals surface area contributed by atoms with Gasteiger partial charge in [0.25, 0.3) is 0 Å². The van der Waals surface area contributed by atoms with E-state index in [1.54, 1.807) is 23.2 Å². The van der Waals surface area contributed by atoms with Crippen molar-refractivity contribution in [2.24, 2.45) is 4.99 Å². The van der Waals surface area contributed by atoms with E-state index >= 15 is 0 Å². The second-order valence-corrected chi connectivity index (χ2v) is 7.36. The van der Waals surface area contributed by atoms with Crippen LogP contribution in [0.4, 0.5) is 9.18 Å². The molecular weight excluding hydrogens is 540 g/mol. The van der Waals surface area contributed by atoms with E-state index in [-0.39, 0.29) is 41.9 Å². The molecule has 10 heteroatoms. The lowest BCUT2D eigenvalue weighted by molar-refractivity contribution is 0.0963. The van der Waals surface area contributed by atoms with Gasteiger partial charge in [-0.15, -0.1) is 24.0 Å². The van der Waals surface area contributed by atoms with Crippen molar-refractivity contribution < 1.29 is 18.7 Å². The highest BCUT2D eigenvalue weighted by atomic mass is 127. The SMILES string of the molecule is CCNC(=NCc1ccnc(Oc2ccc(F)cc2)c1)NC1CCN(C(=O)OCC)CC1.I. The third-order valence-electron chi connectivity index (χ3n) is 4.96. The summed E-state index contributed by atoms with van der Waals surface area (Å²) in [6, 6.07) is 9.72. The molecule has 1 saturated heterocycles. The van der Waals surface area contributed by atoms with Gasteiger partial charge in [-0.05, 0) is 62.6 Å². The number of hydrogen-bond acceptors (Lipinski definition) is 5. The van der Waals surface area contributed by atoms with Gasteiger partial charge in [-0.2, -0.15) is 0 Å². The maximum atomic E-state index is 13.1. The summed E-state index contributed by atoms with van der Waals surface area (Å²) in [5.74, 6) is 1.35. The van der Waals surface area contributed by atoms with Gasteiger partial charge in [-0.1, -0.05) is 0 Å². The Morgan fingerprint density at radius 1 is 1.21 bits per heavy atom. The van der Waals surface area contributed by atoms with Crippen LogP contribution in [0.5, 0.6) is 11.6 Å². The van der Waals surface area contributed by atoms with Gasteiger partial charge < -0.3 is 25.0 Å². The molecule has 0 unspecified atom stereocenters. The molecular formula is C23H31FIN5O3. The monoisotopic (exact) mass is 571 g/mol. The number of rotatable bonds is 7. The lowest BCUT2D eigenvalue weighted by Crippen LogP contribution is -2.49. The first kappa shape index (κ1) is 26.6. The number of guanidine groups is 1. The van der Waals surface area contributed by atoms with E-state index in [1.807, 2.05) is 26.0 Å². The van der Waals surface area contributed by atoms with Gasteiger partial charge in [-0.3, -0.25) is 0 Å². The molecule has 0 radical (unpaired) electrons. The number of carbonyl (C=O) groups excluding carboxylic acids is 1. The van der Waals surface area contributed by atoms with Gasteiger partial charge in [-0.25, -0.2) is 19.2 Å². The summed E-state index contributed by atoms with van der Waals surface area (Å²) >= 11 is 0. The molecule has 8 nitrogen and oxygen atoms in total. The molecule has 1 amide bonds. The van der Waals surface area contributed by atoms with Crippen LogP contribution in [-0.4, -0.2) is 54.2 Å². The number of piperidine rings is 1. The van der Waals surface area contributed by atoms with E-state index in [4.69, 9.17) is 9.47 Å². The van der Waals surface area contributed by atoms with Crippen LogP contribution in [0.2, 0.25) is 0 Å². The van der Waals surface area contributed by atoms with Gasteiger partial charge in [0.05, 0.1) is 13.2 Å². The average Bonchev–Trinajstić information content (AvgIpc) is 2.80. The quantitative estimate of drug-likeness (QED) is 0.293. The molecule has 0 atom stereocenters. The molecule has 3 rings (SSSR count). The smallest absolute Gasteiger partial charge is 0.409 e. The summed E-state index contributed by atoms with van der Waals surface area (Å²) < 4.78 is 23.8. The largest absolute Gasteiger partial charge is 0.450 e. The Hall–Kier alpha value is -2.63. The fourth-order valence-electron chi connectivity index (χ4n) is 3.33. The van der Waals surface area contributed by atoms with E-state index in [1.165, 1.54) is 12.1 Å². The highest BCUT2D eigenvalue weighted by Gasteiger charge is 2.24. The molecule has 1 aliphatic heterocycles. The standard InChI is InChI=1S/C23H30FN5O3.HI/c1-3-25-22(28-19-10-13-29(14-11-19)23(30)31-4-2)27-16-17-9-12-26-21(15-17)32-20-7-5-18(24)6-8-20;/h5-9,12,15,19H,3-4,10-11,13-14,16H2,1-2H3,(H2,25,27,28);1H. The number of benzene rings is 1. The summed E-state index contributed by atoms with van der Waals surface area (Å²) in [7, 11) is 0. The fourth-order valence-corrected chi connectivity index (χ4v) is 3.33. The molecule has 1 aromatic heterocycles. The van der Waals surface area contributed by atoms with Crippen LogP contribution >= 0.6 is 24.0 Å². The first-order valence-electron chi connectivity index (χ1n) is 10.9. The number of ether oxygens (including phenoxy) is 2. The minimum atomic E-state index is -0.316. The molecule has 1 fully saturated rings. The van der Waals surface area contributed by atoms with Crippen LogP contribution in [0, 0.1) is 5.82 Å². The van der Waals surface area contributed by atoms with Crippen molar-refractivity contribution >= 4 is 36.0 Å². The van der Waals surface area contributed by atoms with Crippen molar-refractivity contribution in [1.29, 1.82) is 0 Å². The Bertz CT molecular complexity index is 905. The molecule has 1 aliphatic rings. The molecule has 2 N–H and O–H groups in total. The molecule has 0 aliphatic carbocycles. The number of nitrogens with zero attached hydrogens (tertiary/aromatic N) is 3. The van der Waals surface area contributed by atoms with Gasteiger partial charge in [0, 0.05) is 37.9 Å². The van der Waals surface area contributed by atoms with E-state index in [0.717, 1.165) is 30.9 Å². The van der Waals surface area contributed by atoms with Gasteiger partial charge in [0.15, 0.2) is 5.96 Å². The van der Waals surface area contributed by atoms with Crippen LogP contribution in [0.25, 0.3) is 0 Å². The predicted octanol–water partition coefficient (Wildman–Crippen LogP) is 4.31. The summed E-state index contributed by atoms with van der Waals surface area (Å²) in [5, 5.41) is 6.72. The highest BCUT2D eigenvalue weighted by Crippen LogP contribution is 2.20. The average molecular weight is 571 g/mol. The molecule has 1 aromatic carbocycles. The zero-order valence-corrected chi connectivity index (χ0v) is 21.3. The van der Waals surface area contributed by atoms with Crippen molar-refractivity contribution in [3.05, 3.63) is 54.0 Å². The Morgan fingerprint density at radius 2 is 1.94 bits per heavy atom. The number of carbonyl (C=O) groups is 1. The van der Waals surface area contributed by atoms with Crippen molar-refractivity contribution in [2.75, 3.05) is 26.2 Å². The van der Waals surface area contributed by atoms with E-state index in [2.05, 4.69) is 20.6 Å². The molecule has 180 valence electrons. The minimum Gasteiger partial charge on any atom is -0.450 e. The number of hydrogen-bond donors (Lipinski definition) is 2. The second kappa shape index (κ2) is 13.8.